The summed E-state index contributed by atoms with van der Waals surface area (Å²) in [5, 5.41) is 0. The Morgan fingerprint density at radius 3 is 2.71 bits per heavy atom. The summed E-state index contributed by atoms with van der Waals surface area (Å²) in [6.45, 7) is 5.15. The SMILES string of the molecule is Cc1c(C(=O)N2CCC(C)C3CCCCC32)[nH]c2c1C(=O)CCC2. The second-order valence-corrected chi connectivity index (χ2v) is 8.04. The lowest BCUT2D eigenvalue weighted by Crippen LogP contribution is -2.52. The van der Waals surface area contributed by atoms with Crippen molar-refractivity contribution in [3.05, 3.63) is 22.5 Å². The molecule has 1 saturated carbocycles. The van der Waals surface area contributed by atoms with Crippen molar-refractivity contribution in [2.45, 2.75) is 71.3 Å². The van der Waals surface area contributed by atoms with Crippen molar-refractivity contribution in [1.29, 1.82) is 0 Å². The molecule has 3 unspecified atom stereocenters. The van der Waals surface area contributed by atoms with Crippen LogP contribution in [0.1, 0.15) is 84.0 Å². The number of rotatable bonds is 1. The number of amides is 1. The largest absolute Gasteiger partial charge is 0.354 e. The summed E-state index contributed by atoms with van der Waals surface area (Å²) in [4.78, 5) is 31.0. The lowest BCUT2D eigenvalue weighted by atomic mass is 9.72. The van der Waals surface area contributed by atoms with E-state index in [1.54, 1.807) is 0 Å². The third-order valence-electron chi connectivity index (χ3n) is 6.65. The number of likely N-dealkylation sites (tertiary alicyclic amines) is 1. The van der Waals surface area contributed by atoms with Crippen molar-refractivity contribution in [2.75, 3.05) is 6.54 Å². The van der Waals surface area contributed by atoms with Gasteiger partial charge in [0.15, 0.2) is 5.78 Å². The van der Waals surface area contributed by atoms with Crippen LogP contribution in [-0.2, 0) is 6.42 Å². The molecule has 0 aromatic carbocycles. The van der Waals surface area contributed by atoms with Gasteiger partial charge in [-0.1, -0.05) is 19.8 Å². The summed E-state index contributed by atoms with van der Waals surface area (Å²) in [5.74, 6) is 1.70. The van der Waals surface area contributed by atoms with Crippen LogP contribution in [0.4, 0.5) is 0 Å². The van der Waals surface area contributed by atoms with Gasteiger partial charge >= 0.3 is 0 Å². The Morgan fingerprint density at radius 2 is 1.92 bits per heavy atom. The minimum atomic E-state index is 0.124. The zero-order chi connectivity index (χ0) is 16.8. The van der Waals surface area contributed by atoms with Gasteiger partial charge in [-0.15, -0.1) is 0 Å². The molecule has 1 N–H and O–H groups in total. The lowest BCUT2D eigenvalue weighted by molar-refractivity contribution is 0.0213. The molecule has 1 amide bonds. The lowest BCUT2D eigenvalue weighted by Gasteiger charge is -2.47. The van der Waals surface area contributed by atoms with E-state index in [0.717, 1.165) is 55.0 Å². The minimum Gasteiger partial charge on any atom is -0.354 e. The molecular formula is C20H28N2O2. The number of ketones is 1. The van der Waals surface area contributed by atoms with Crippen LogP contribution in [0.15, 0.2) is 0 Å². The van der Waals surface area contributed by atoms with Gasteiger partial charge in [-0.05, 0) is 56.4 Å². The molecule has 4 rings (SSSR count). The number of fused-ring (bicyclic) bond motifs is 2. The maximum Gasteiger partial charge on any atom is 0.270 e. The molecule has 0 spiro atoms. The fraction of sp³-hybridized carbons (Fsp3) is 0.700. The summed E-state index contributed by atoms with van der Waals surface area (Å²) in [6.07, 6.45) is 8.43. The molecule has 2 aliphatic carbocycles. The molecule has 1 saturated heterocycles. The Balaban J connectivity index is 1.65. The highest BCUT2D eigenvalue weighted by atomic mass is 16.2. The zero-order valence-corrected chi connectivity index (χ0v) is 14.9. The molecule has 0 radical (unpaired) electrons. The molecular weight excluding hydrogens is 300 g/mol. The van der Waals surface area contributed by atoms with Crippen LogP contribution in [0, 0.1) is 18.8 Å². The van der Waals surface area contributed by atoms with Gasteiger partial charge in [-0.25, -0.2) is 0 Å². The average molecular weight is 328 g/mol. The molecule has 0 bridgehead atoms. The predicted molar refractivity (Wildman–Crippen MR) is 93.4 cm³/mol. The van der Waals surface area contributed by atoms with Crippen LogP contribution in [0.2, 0.25) is 0 Å². The monoisotopic (exact) mass is 328 g/mol. The van der Waals surface area contributed by atoms with Gasteiger partial charge in [-0.3, -0.25) is 9.59 Å². The number of nitrogens with zero attached hydrogens (tertiary/aromatic N) is 1. The van der Waals surface area contributed by atoms with Crippen molar-refractivity contribution in [1.82, 2.24) is 9.88 Å². The molecule has 2 fully saturated rings. The molecule has 24 heavy (non-hydrogen) atoms. The number of hydrogen-bond acceptors (Lipinski definition) is 2. The van der Waals surface area contributed by atoms with E-state index in [0.29, 0.717) is 24.1 Å². The summed E-state index contributed by atoms with van der Waals surface area (Å²) in [5.41, 5.74) is 3.34. The number of Topliss-reactive ketones (excluding diaryl/α,β-unsaturated/α-hetero) is 1. The number of aromatic nitrogens is 1. The number of nitrogens with one attached hydrogen (secondary N) is 1. The Kier molecular flexibility index (Phi) is 4.01. The smallest absolute Gasteiger partial charge is 0.270 e. The van der Waals surface area contributed by atoms with Crippen LogP contribution < -0.4 is 0 Å². The van der Waals surface area contributed by atoms with Crippen molar-refractivity contribution < 1.29 is 9.59 Å². The third-order valence-corrected chi connectivity index (χ3v) is 6.65. The van der Waals surface area contributed by atoms with E-state index in [9.17, 15) is 9.59 Å². The Bertz CT molecular complexity index is 675. The fourth-order valence-electron chi connectivity index (χ4n) is 5.30. The first kappa shape index (κ1) is 15.9. The summed E-state index contributed by atoms with van der Waals surface area (Å²) in [6, 6.07) is 0.394. The first-order chi connectivity index (χ1) is 11.6. The van der Waals surface area contributed by atoms with E-state index in [1.165, 1.54) is 19.3 Å². The number of aryl methyl sites for hydroxylation is 1. The van der Waals surface area contributed by atoms with Crippen LogP contribution in [0.25, 0.3) is 0 Å². The van der Waals surface area contributed by atoms with Gasteiger partial charge in [0.2, 0.25) is 0 Å². The van der Waals surface area contributed by atoms with Gasteiger partial charge in [-0.2, -0.15) is 0 Å². The van der Waals surface area contributed by atoms with Gasteiger partial charge in [0.25, 0.3) is 5.91 Å². The van der Waals surface area contributed by atoms with Gasteiger partial charge in [0.05, 0.1) is 0 Å². The van der Waals surface area contributed by atoms with Crippen molar-refractivity contribution in [2.24, 2.45) is 11.8 Å². The maximum atomic E-state index is 13.3. The second kappa shape index (κ2) is 6.05. The average Bonchev–Trinajstić information content (AvgIpc) is 2.93. The molecule has 3 atom stereocenters. The van der Waals surface area contributed by atoms with Gasteiger partial charge < -0.3 is 9.88 Å². The van der Waals surface area contributed by atoms with E-state index in [1.807, 2.05) is 6.92 Å². The quantitative estimate of drug-likeness (QED) is 0.850. The Morgan fingerprint density at radius 1 is 1.12 bits per heavy atom. The Hall–Kier alpha value is -1.58. The minimum absolute atomic E-state index is 0.124. The van der Waals surface area contributed by atoms with Crippen molar-refractivity contribution in [3.8, 4) is 0 Å². The third kappa shape index (κ3) is 2.42. The van der Waals surface area contributed by atoms with E-state index in [-0.39, 0.29) is 11.7 Å². The number of aromatic amines is 1. The number of carbonyl (C=O) groups is 2. The van der Waals surface area contributed by atoms with Crippen LogP contribution in [0.5, 0.6) is 0 Å². The zero-order valence-electron chi connectivity index (χ0n) is 14.9. The second-order valence-electron chi connectivity index (χ2n) is 8.04. The molecule has 1 aromatic rings. The Labute approximate surface area is 144 Å². The fourth-order valence-corrected chi connectivity index (χ4v) is 5.30. The highest BCUT2D eigenvalue weighted by Crippen LogP contribution is 2.39. The van der Waals surface area contributed by atoms with Crippen LogP contribution >= 0.6 is 0 Å². The van der Waals surface area contributed by atoms with Gasteiger partial charge in [0.1, 0.15) is 5.69 Å². The highest BCUT2D eigenvalue weighted by Gasteiger charge is 2.40. The van der Waals surface area contributed by atoms with Crippen LogP contribution in [0.3, 0.4) is 0 Å². The summed E-state index contributed by atoms with van der Waals surface area (Å²) < 4.78 is 0. The first-order valence-corrected chi connectivity index (χ1v) is 9.63. The molecule has 4 nitrogen and oxygen atoms in total. The predicted octanol–water partition coefficient (Wildman–Crippen LogP) is 3.88. The van der Waals surface area contributed by atoms with E-state index < -0.39 is 0 Å². The number of carbonyl (C=O) groups excluding carboxylic acids is 2. The first-order valence-electron chi connectivity index (χ1n) is 9.63. The number of piperidine rings is 1. The number of hydrogen-bond donors (Lipinski definition) is 1. The highest BCUT2D eigenvalue weighted by molar-refractivity contribution is 6.04. The van der Waals surface area contributed by atoms with Crippen molar-refractivity contribution in [3.63, 3.8) is 0 Å². The van der Waals surface area contributed by atoms with Gasteiger partial charge in [0, 0.05) is 30.3 Å². The molecule has 1 aromatic heterocycles. The molecule has 1 aliphatic heterocycles. The molecule has 4 heteroatoms. The summed E-state index contributed by atoms with van der Waals surface area (Å²) in [7, 11) is 0. The van der Waals surface area contributed by atoms with Crippen LogP contribution in [-0.4, -0.2) is 34.2 Å². The maximum absolute atomic E-state index is 13.3. The topological polar surface area (TPSA) is 53.2 Å². The molecule has 2 heterocycles. The molecule has 130 valence electrons. The normalized spacial score (nSPS) is 30.0. The van der Waals surface area contributed by atoms with E-state index >= 15 is 0 Å². The standard InChI is InChI=1S/C20H28N2O2/c1-12-10-11-22(16-8-4-3-6-14(12)16)20(24)19-13(2)18-15(21-19)7-5-9-17(18)23/h12,14,16,21H,3-11H2,1-2H3. The van der Waals surface area contributed by atoms with E-state index in [4.69, 9.17) is 0 Å². The van der Waals surface area contributed by atoms with Crippen molar-refractivity contribution >= 4 is 11.7 Å². The molecule has 3 aliphatic rings. The van der Waals surface area contributed by atoms with E-state index in [2.05, 4.69) is 16.8 Å². The summed E-state index contributed by atoms with van der Waals surface area (Å²) >= 11 is 0. The number of H-pyrrole nitrogens is 1.